The van der Waals surface area contributed by atoms with Gasteiger partial charge in [-0.15, -0.1) is 0 Å². The van der Waals surface area contributed by atoms with Crippen LogP contribution in [0.1, 0.15) is 12.5 Å². The number of carbonyl (C=O) groups is 1. The highest BCUT2D eigenvalue weighted by atomic mass is 32.2. The van der Waals surface area contributed by atoms with Gasteiger partial charge in [-0.3, -0.25) is 9.10 Å². The Bertz CT molecular complexity index is 1030. The molecule has 0 heterocycles. The van der Waals surface area contributed by atoms with Crippen LogP contribution in [-0.2, 0) is 21.0 Å². The number of amides is 1. The number of ether oxygens (including phenoxy) is 2. The van der Waals surface area contributed by atoms with Gasteiger partial charge in [-0.05, 0) is 31.2 Å². The number of sulfonamides is 1. The first-order valence-electron chi connectivity index (χ1n) is 8.58. The van der Waals surface area contributed by atoms with Crippen molar-refractivity contribution in [1.29, 1.82) is 0 Å². The van der Waals surface area contributed by atoms with E-state index in [9.17, 15) is 26.4 Å². The Morgan fingerprint density at radius 1 is 1.10 bits per heavy atom. The van der Waals surface area contributed by atoms with E-state index in [0.29, 0.717) is 5.75 Å². The minimum absolute atomic E-state index is 0.00565. The van der Waals surface area contributed by atoms with E-state index in [-0.39, 0.29) is 11.4 Å². The Morgan fingerprint density at radius 3 is 2.27 bits per heavy atom. The van der Waals surface area contributed by atoms with Crippen LogP contribution in [0.5, 0.6) is 11.5 Å². The molecule has 0 spiro atoms. The number of nitrogens with one attached hydrogen (secondary N) is 1. The van der Waals surface area contributed by atoms with Crippen molar-refractivity contribution in [3.63, 3.8) is 0 Å². The second-order valence-corrected chi connectivity index (χ2v) is 8.16. The first kappa shape index (κ1) is 23.3. The van der Waals surface area contributed by atoms with Crippen molar-refractivity contribution in [3.8, 4) is 11.5 Å². The summed E-state index contributed by atoms with van der Waals surface area (Å²) < 4.78 is 75.7. The molecule has 11 heteroatoms. The SMILES string of the molecule is COc1ccc(OC)c(N(C(C)C(=O)Nc2ccccc2C(F)(F)F)S(C)(=O)=O)c1. The molecule has 1 amide bonds. The van der Waals surface area contributed by atoms with E-state index < -0.39 is 39.4 Å². The average molecular weight is 446 g/mol. The first-order valence-corrected chi connectivity index (χ1v) is 10.4. The summed E-state index contributed by atoms with van der Waals surface area (Å²) in [6, 6.07) is 7.36. The fourth-order valence-electron chi connectivity index (χ4n) is 2.83. The molecule has 0 aromatic heterocycles. The molecule has 2 rings (SSSR count). The topological polar surface area (TPSA) is 84.9 Å². The van der Waals surface area contributed by atoms with E-state index in [1.165, 1.54) is 51.5 Å². The maximum Gasteiger partial charge on any atom is 0.418 e. The summed E-state index contributed by atoms with van der Waals surface area (Å²) in [5, 5.41) is 2.17. The number of halogens is 3. The van der Waals surface area contributed by atoms with Crippen LogP contribution in [0.4, 0.5) is 24.5 Å². The van der Waals surface area contributed by atoms with Crippen LogP contribution in [-0.4, -0.2) is 40.8 Å². The third-order valence-electron chi connectivity index (χ3n) is 4.20. The predicted octanol–water partition coefficient (Wildman–Crippen LogP) is 3.52. The van der Waals surface area contributed by atoms with Gasteiger partial charge in [0.2, 0.25) is 15.9 Å². The average Bonchev–Trinajstić information content (AvgIpc) is 2.66. The van der Waals surface area contributed by atoms with Gasteiger partial charge in [0.15, 0.2) is 0 Å². The second kappa shape index (κ2) is 8.82. The number of methoxy groups -OCH3 is 2. The molecule has 0 aliphatic carbocycles. The molecule has 30 heavy (non-hydrogen) atoms. The van der Waals surface area contributed by atoms with Crippen molar-refractivity contribution in [3.05, 3.63) is 48.0 Å². The third kappa shape index (κ3) is 5.15. The molecular weight excluding hydrogens is 425 g/mol. The summed E-state index contributed by atoms with van der Waals surface area (Å²) in [5.41, 5.74) is -1.52. The minimum atomic E-state index is -4.69. The van der Waals surface area contributed by atoms with Gasteiger partial charge in [0.1, 0.15) is 17.5 Å². The molecule has 0 saturated heterocycles. The molecule has 2 aromatic rings. The van der Waals surface area contributed by atoms with E-state index >= 15 is 0 Å². The number of benzene rings is 2. The smallest absolute Gasteiger partial charge is 0.418 e. The van der Waals surface area contributed by atoms with Crippen LogP contribution in [0.25, 0.3) is 0 Å². The third-order valence-corrected chi connectivity index (χ3v) is 5.43. The Labute approximate surface area is 172 Å². The van der Waals surface area contributed by atoms with Gasteiger partial charge in [-0.2, -0.15) is 13.2 Å². The molecular formula is C19H21F3N2O5S. The lowest BCUT2D eigenvalue weighted by atomic mass is 10.1. The molecule has 7 nitrogen and oxygen atoms in total. The van der Waals surface area contributed by atoms with E-state index in [1.807, 2.05) is 0 Å². The number of anilines is 2. The van der Waals surface area contributed by atoms with Crippen LogP contribution in [0.3, 0.4) is 0 Å². The van der Waals surface area contributed by atoms with Crippen molar-refractivity contribution in [2.24, 2.45) is 0 Å². The van der Waals surface area contributed by atoms with Crippen molar-refractivity contribution < 1.29 is 35.9 Å². The summed E-state index contributed by atoms with van der Waals surface area (Å²) in [5.74, 6) is -0.520. The molecule has 0 aliphatic heterocycles. The van der Waals surface area contributed by atoms with Crippen molar-refractivity contribution >= 4 is 27.3 Å². The lowest BCUT2D eigenvalue weighted by molar-refractivity contribution is -0.137. The van der Waals surface area contributed by atoms with Gasteiger partial charge in [-0.25, -0.2) is 8.42 Å². The van der Waals surface area contributed by atoms with Crippen LogP contribution in [0.15, 0.2) is 42.5 Å². The van der Waals surface area contributed by atoms with Gasteiger partial charge in [0.25, 0.3) is 0 Å². The number of hydrogen-bond donors (Lipinski definition) is 1. The molecule has 164 valence electrons. The molecule has 0 saturated carbocycles. The summed E-state index contributed by atoms with van der Waals surface area (Å²) in [6.45, 7) is 1.26. The number of hydrogen-bond acceptors (Lipinski definition) is 5. The Hall–Kier alpha value is -2.95. The highest BCUT2D eigenvalue weighted by molar-refractivity contribution is 7.92. The van der Waals surface area contributed by atoms with E-state index in [0.717, 1.165) is 22.7 Å². The van der Waals surface area contributed by atoms with Crippen molar-refractivity contribution in [2.75, 3.05) is 30.1 Å². The van der Waals surface area contributed by atoms with Gasteiger partial charge in [0.05, 0.1) is 37.4 Å². The summed E-state index contributed by atoms with van der Waals surface area (Å²) >= 11 is 0. The van der Waals surface area contributed by atoms with Crippen LogP contribution >= 0.6 is 0 Å². The van der Waals surface area contributed by atoms with Gasteiger partial charge in [-0.1, -0.05) is 12.1 Å². The molecule has 1 atom stereocenters. The number of rotatable bonds is 7. The van der Waals surface area contributed by atoms with Crippen LogP contribution < -0.4 is 19.1 Å². The van der Waals surface area contributed by atoms with Crippen molar-refractivity contribution in [1.82, 2.24) is 0 Å². The fraction of sp³-hybridized carbons (Fsp3) is 0.316. The molecule has 1 unspecified atom stereocenters. The minimum Gasteiger partial charge on any atom is -0.497 e. The highest BCUT2D eigenvalue weighted by Gasteiger charge is 2.36. The number of para-hydroxylation sites is 1. The van der Waals surface area contributed by atoms with Gasteiger partial charge < -0.3 is 14.8 Å². The van der Waals surface area contributed by atoms with Crippen LogP contribution in [0.2, 0.25) is 0 Å². The second-order valence-electron chi connectivity index (χ2n) is 6.31. The zero-order chi connectivity index (χ0) is 22.7. The molecule has 2 aromatic carbocycles. The Morgan fingerprint density at radius 2 is 1.73 bits per heavy atom. The lowest BCUT2D eigenvalue weighted by Gasteiger charge is -2.30. The quantitative estimate of drug-likeness (QED) is 0.704. The first-order chi connectivity index (χ1) is 13.9. The zero-order valence-corrected chi connectivity index (χ0v) is 17.5. The number of alkyl halides is 3. The molecule has 0 fully saturated rings. The summed E-state index contributed by atoms with van der Waals surface area (Å²) in [7, 11) is -1.34. The van der Waals surface area contributed by atoms with Gasteiger partial charge >= 0.3 is 6.18 Å². The van der Waals surface area contributed by atoms with Gasteiger partial charge in [0, 0.05) is 6.07 Å². The molecule has 1 N–H and O–H groups in total. The van der Waals surface area contributed by atoms with E-state index in [4.69, 9.17) is 9.47 Å². The standard InChI is InChI=1S/C19H21F3N2O5S/c1-12(18(25)23-15-8-6-5-7-14(15)19(20,21)22)24(30(4,26)27)16-11-13(28-2)9-10-17(16)29-3/h5-12H,1-4H3,(H,23,25). The lowest BCUT2D eigenvalue weighted by Crippen LogP contribution is -2.45. The van der Waals surface area contributed by atoms with Crippen molar-refractivity contribution in [2.45, 2.75) is 19.1 Å². The van der Waals surface area contributed by atoms with E-state index in [2.05, 4.69) is 5.32 Å². The molecule has 0 radical (unpaired) electrons. The largest absolute Gasteiger partial charge is 0.497 e. The maximum atomic E-state index is 13.2. The number of nitrogens with zero attached hydrogens (tertiary/aromatic N) is 1. The van der Waals surface area contributed by atoms with Crippen LogP contribution in [0, 0.1) is 0 Å². The Kier molecular flexibility index (Phi) is 6.86. The maximum absolute atomic E-state index is 13.2. The monoisotopic (exact) mass is 446 g/mol. The van der Waals surface area contributed by atoms with E-state index in [1.54, 1.807) is 0 Å². The molecule has 0 bridgehead atoms. The normalized spacial score (nSPS) is 12.8. The Balaban J connectivity index is 2.48. The highest BCUT2D eigenvalue weighted by Crippen LogP contribution is 2.37. The fourth-order valence-corrected chi connectivity index (χ4v) is 4.00. The summed E-state index contributed by atoms with van der Waals surface area (Å²) in [4.78, 5) is 12.8. The number of carbonyl (C=O) groups excluding carboxylic acids is 1. The predicted molar refractivity (Wildman–Crippen MR) is 106 cm³/mol. The molecule has 0 aliphatic rings. The zero-order valence-electron chi connectivity index (χ0n) is 16.6. The summed E-state index contributed by atoms with van der Waals surface area (Å²) in [6.07, 6.45) is -3.82.